The Morgan fingerprint density at radius 2 is 2.35 bits per heavy atom. The van der Waals surface area contributed by atoms with Gasteiger partial charge in [-0.15, -0.1) is 11.3 Å². The summed E-state index contributed by atoms with van der Waals surface area (Å²) in [5.74, 6) is -0.509. The fourth-order valence-electron chi connectivity index (χ4n) is 2.78. The van der Waals surface area contributed by atoms with Gasteiger partial charge in [0.2, 0.25) is 6.10 Å². The van der Waals surface area contributed by atoms with Crippen molar-refractivity contribution in [3.8, 4) is 6.07 Å². The summed E-state index contributed by atoms with van der Waals surface area (Å²) in [5, 5.41) is 13.3. The number of thiophene rings is 1. The standard InChI is InChI=1S/C18H12ClN3O3S/c19-17-5-4-16(26-17)13-7-15(25-21-13)18(23)24-10-11-9-22-6-2-1-3-14(22)12(11)8-20/h1-6,9,15H,7,10H2/t15-/m0/s1. The number of rotatable bonds is 4. The van der Waals surface area contributed by atoms with Gasteiger partial charge in [0.15, 0.2) is 0 Å². The highest BCUT2D eigenvalue weighted by molar-refractivity contribution is 7.18. The molecule has 0 N–H and O–H groups in total. The number of pyridine rings is 1. The molecule has 3 aromatic heterocycles. The van der Waals surface area contributed by atoms with Crippen molar-refractivity contribution in [2.24, 2.45) is 5.16 Å². The van der Waals surface area contributed by atoms with Crippen LogP contribution in [-0.4, -0.2) is 22.2 Å². The number of fused-ring (bicyclic) bond motifs is 1. The van der Waals surface area contributed by atoms with E-state index in [0.29, 0.717) is 27.6 Å². The molecule has 4 rings (SSSR count). The van der Waals surface area contributed by atoms with Gasteiger partial charge in [0.1, 0.15) is 18.4 Å². The van der Waals surface area contributed by atoms with Gasteiger partial charge in [0.05, 0.1) is 20.3 Å². The van der Waals surface area contributed by atoms with E-state index in [-0.39, 0.29) is 6.61 Å². The SMILES string of the molecule is N#Cc1c(COC(=O)[C@@H]2CC(c3ccc(Cl)s3)=NO2)cn2ccccc12. The number of hydrogen-bond acceptors (Lipinski definition) is 6. The lowest BCUT2D eigenvalue weighted by molar-refractivity contribution is -0.156. The lowest BCUT2D eigenvalue weighted by atomic mass is 10.1. The van der Waals surface area contributed by atoms with E-state index in [2.05, 4.69) is 11.2 Å². The third kappa shape index (κ3) is 3.05. The fourth-order valence-corrected chi connectivity index (χ4v) is 3.81. The summed E-state index contributed by atoms with van der Waals surface area (Å²) in [7, 11) is 0. The molecule has 0 spiro atoms. The molecule has 0 amide bonds. The van der Waals surface area contributed by atoms with Crippen LogP contribution in [0.1, 0.15) is 22.4 Å². The van der Waals surface area contributed by atoms with Crippen LogP contribution in [-0.2, 0) is 21.0 Å². The number of halogens is 1. The first kappa shape index (κ1) is 16.6. The Morgan fingerprint density at radius 3 is 3.12 bits per heavy atom. The van der Waals surface area contributed by atoms with Gasteiger partial charge in [0, 0.05) is 24.4 Å². The van der Waals surface area contributed by atoms with Crippen molar-refractivity contribution in [1.82, 2.24) is 4.40 Å². The molecule has 0 aromatic carbocycles. The highest BCUT2D eigenvalue weighted by Crippen LogP contribution is 2.27. The van der Waals surface area contributed by atoms with E-state index in [1.807, 2.05) is 34.9 Å². The Hall–Kier alpha value is -2.82. The van der Waals surface area contributed by atoms with E-state index >= 15 is 0 Å². The quantitative estimate of drug-likeness (QED) is 0.641. The number of aromatic nitrogens is 1. The highest BCUT2D eigenvalue weighted by atomic mass is 35.5. The molecule has 0 saturated carbocycles. The van der Waals surface area contributed by atoms with E-state index in [1.165, 1.54) is 11.3 Å². The number of carbonyl (C=O) groups is 1. The molecular formula is C18H12ClN3O3S. The van der Waals surface area contributed by atoms with Crippen LogP contribution in [0.5, 0.6) is 0 Å². The molecule has 3 aromatic rings. The normalized spacial score (nSPS) is 16.2. The third-order valence-corrected chi connectivity index (χ3v) is 5.31. The van der Waals surface area contributed by atoms with Crippen molar-refractivity contribution >= 4 is 40.1 Å². The Bertz CT molecular complexity index is 1060. The molecule has 0 saturated heterocycles. The zero-order valence-corrected chi connectivity index (χ0v) is 15.0. The Kier molecular flexibility index (Phi) is 4.37. The Morgan fingerprint density at radius 1 is 1.46 bits per heavy atom. The summed E-state index contributed by atoms with van der Waals surface area (Å²) < 4.78 is 7.83. The van der Waals surface area contributed by atoms with Gasteiger partial charge in [-0.05, 0) is 24.3 Å². The second-order valence-corrected chi connectivity index (χ2v) is 7.40. The largest absolute Gasteiger partial charge is 0.458 e. The van der Waals surface area contributed by atoms with E-state index in [1.54, 1.807) is 12.3 Å². The maximum absolute atomic E-state index is 12.3. The zero-order valence-electron chi connectivity index (χ0n) is 13.4. The first-order valence-electron chi connectivity index (χ1n) is 7.79. The molecule has 1 atom stereocenters. The van der Waals surface area contributed by atoms with Gasteiger partial charge in [-0.25, -0.2) is 4.79 Å². The number of nitriles is 1. The van der Waals surface area contributed by atoms with Gasteiger partial charge in [-0.3, -0.25) is 0 Å². The van der Waals surface area contributed by atoms with E-state index < -0.39 is 12.1 Å². The summed E-state index contributed by atoms with van der Waals surface area (Å²) in [6, 6.07) is 11.3. The molecule has 26 heavy (non-hydrogen) atoms. The zero-order chi connectivity index (χ0) is 18.1. The van der Waals surface area contributed by atoms with Crippen molar-refractivity contribution in [2.75, 3.05) is 0 Å². The first-order valence-corrected chi connectivity index (χ1v) is 8.99. The molecule has 130 valence electrons. The van der Waals surface area contributed by atoms with Crippen LogP contribution in [0.4, 0.5) is 0 Å². The van der Waals surface area contributed by atoms with Crippen LogP contribution < -0.4 is 0 Å². The monoisotopic (exact) mass is 385 g/mol. The predicted octanol–water partition coefficient (Wildman–Crippen LogP) is 3.76. The van der Waals surface area contributed by atoms with Crippen molar-refractivity contribution in [2.45, 2.75) is 19.1 Å². The van der Waals surface area contributed by atoms with Crippen LogP contribution in [0.15, 0.2) is 47.9 Å². The lowest BCUT2D eigenvalue weighted by Gasteiger charge is -2.08. The number of hydrogen-bond donors (Lipinski definition) is 0. The molecule has 4 heterocycles. The molecule has 8 heteroatoms. The summed E-state index contributed by atoms with van der Waals surface area (Å²) in [4.78, 5) is 18.4. The fraction of sp³-hybridized carbons (Fsp3) is 0.167. The van der Waals surface area contributed by atoms with E-state index in [9.17, 15) is 10.1 Å². The Labute approximate surface area is 157 Å². The van der Waals surface area contributed by atoms with E-state index in [4.69, 9.17) is 21.2 Å². The number of carbonyl (C=O) groups excluding carboxylic acids is 1. The maximum Gasteiger partial charge on any atom is 0.350 e. The Balaban J connectivity index is 1.42. The van der Waals surface area contributed by atoms with Gasteiger partial charge >= 0.3 is 5.97 Å². The minimum absolute atomic E-state index is 0.00340. The molecular weight excluding hydrogens is 374 g/mol. The van der Waals surface area contributed by atoms with Crippen LogP contribution >= 0.6 is 22.9 Å². The second-order valence-electron chi connectivity index (χ2n) is 5.68. The van der Waals surface area contributed by atoms with Crippen LogP contribution in [0.25, 0.3) is 5.52 Å². The molecule has 0 bridgehead atoms. The topological polar surface area (TPSA) is 76.1 Å². The molecule has 1 aliphatic rings. The number of ether oxygens (including phenoxy) is 1. The average molecular weight is 386 g/mol. The second kappa shape index (κ2) is 6.83. The number of oxime groups is 1. The minimum Gasteiger partial charge on any atom is -0.458 e. The average Bonchev–Trinajstić information content (AvgIpc) is 3.36. The van der Waals surface area contributed by atoms with Crippen LogP contribution in [0.2, 0.25) is 4.34 Å². The first-order chi connectivity index (χ1) is 12.7. The van der Waals surface area contributed by atoms with Crippen molar-refractivity contribution in [3.63, 3.8) is 0 Å². The lowest BCUT2D eigenvalue weighted by Crippen LogP contribution is -2.23. The minimum atomic E-state index is -0.784. The number of nitrogens with zero attached hydrogens (tertiary/aromatic N) is 3. The van der Waals surface area contributed by atoms with Crippen molar-refractivity contribution in [1.29, 1.82) is 5.26 Å². The summed E-state index contributed by atoms with van der Waals surface area (Å²) in [6.45, 7) is 0.00340. The van der Waals surface area contributed by atoms with Gasteiger partial charge in [0.25, 0.3) is 0 Å². The summed E-state index contributed by atoms with van der Waals surface area (Å²) in [5.41, 5.74) is 2.60. The summed E-state index contributed by atoms with van der Waals surface area (Å²) >= 11 is 7.30. The molecule has 0 fully saturated rings. The highest BCUT2D eigenvalue weighted by Gasteiger charge is 2.31. The number of esters is 1. The molecule has 0 radical (unpaired) electrons. The third-order valence-electron chi connectivity index (χ3n) is 4.03. The van der Waals surface area contributed by atoms with Crippen LogP contribution in [0, 0.1) is 11.3 Å². The van der Waals surface area contributed by atoms with Gasteiger partial charge in [-0.1, -0.05) is 22.8 Å². The van der Waals surface area contributed by atoms with Crippen molar-refractivity contribution < 1.29 is 14.4 Å². The smallest absolute Gasteiger partial charge is 0.350 e. The molecule has 0 aliphatic carbocycles. The summed E-state index contributed by atoms with van der Waals surface area (Å²) in [6.07, 6.45) is 3.17. The van der Waals surface area contributed by atoms with Crippen molar-refractivity contribution in [3.05, 3.63) is 63.1 Å². The maximum atomic E-state index is 12.3. The molecule has 0 unspecified atom stereocenters. The molecule has 1 aliphatic heterocycles. The molecule has 6 nitrogen and oxygen atoms in total. The van der Waals surface area contributed by atoms with Crippen LogP contribution in [0.3, 0.4) is 0 Å². The van der Waals surface area contributed by atoms with E-state index in [0.717, 1.165) is 10.4 Å². The van der Waals surface area contributed by atoms with Gasteiger partial charge < -0.3 is 14.0 Å². The predicted molar refractivity (Wildman–Crippen MR) is 97.3 cm³/mol. The van der Waals surface area contributed by atoms with Gasteiger partial charge in [-0.2, -0.15) is 5.26 Å².